The van der Waals surface area contributed by atoms with Gasteiger partial charge in [0.1, 0.15) is 11.0 Å². The Bertz CT molecular complexity index is 1150. The van der Waals surface area contributed by atoms with Crippen molar-refractivity contribution >= 4 is 40.5 Å². The predicted molar refractivity (Wildman–Crippen MR) is 112 cm³/mol. The molecule has 3 heterocycles. The number of nitrogens with one attached hydrogen (secondary N) is 1. The van der Waals surface area contributed by atoms with Crippen LogP contribution in [0.1, 0.15) is 47.8 Å². The fourth-order valence-corrected chi connectivity index (χ4v) is 4.24. The van der Waals surface area contributed by atoms with Gasteiger partial charge in [0.25, 0.3) is 5.91 Å². The summed E-state index contributed by atoms with van der Waals surface area (Å²) in [5.74, 6) is 0.0651. The lowest BCUT2D eigenvalue weighted by Gasteiger charge is -2.25. The van der Waals surface area contributed by atoms with Gasteiger partial charge in [-0.1, -0.05) is 42.6 Å². The Morgan fingerprint density at radius 3 is 2.67 bits per heavy atom. The average Bonchev–Trinajstić information content (AvgIpc) is 3.34. The number of anilines is 1. The Labute approximate surface area is 178 Å². The van der Waals surface area contributed by atoms with Gasteiger partial charge >= 0.3 is 6.09 Å². The number of fused-ring (bicyclic) bond motifs is 2. The molecule has 0 saturated heterocycles. The van der Waals surface area contributed by atoms with E-state index in [0.717, 1.165) is 31.1 Å². The minimum absolute atomic E-state index is 0.114. The van der Waals surface area contributed by atoms with Crippen LogP contribution in [0, 0.1) is 0 Å². The zero-order chi connectivity index (χ0) is 20.7. The molecule has 0 radical (unpaired) electrons. The fourth-order valence-electron chi connectivity index (χ4n) is 4.10. The molecule has 0 spiro atoms. The second-order valence-corrected chi connectivity index (χ2v) is 7.88. The molecule has 1 unspecified atom stereocenters. The molecule has 0 bridgehead atoms. The Morgan fingerprint density at radius 1 is 1.07 bits per heavy atom. The van der Waals surface area contributed by atoms with E-state index >= 15 is 0 Å². The molecule has 30 heavy (non-hydrogen) atoms. The molecule has 5 rings (SSSR count). The van der Waals surface area contributed by atoms with Crippen molar-refractivity contribution in [1.82, 2.24) is 15.3 Å². The Balaban J connectivity index is 1.50. The van der Waals surface area contributed by atoms with Crippen LogP contribution >= 0.6 is 11.6 Å². The van der Waals surface area contributed by atoms with E-state index in [9.17, 15) is 9.59 Å². The van der Waals surface area contributed by atoms with Crippen molar-refractivity contribution in [3.63, 3.8) is 0 Å². The number of alkyl carbamates (subject to hydrolysis) is 1. The smallest absolute Gasteiger partial charge is 0.409 e. The average molecular weight is 423 g/mol. The van der Waals surface area contributed by atoms with Crippen LogP contribution < -0.4 is 10.2 Å². The maximum Gasteiger partial charge on any atom is 0.409 e. The number of rotatable bonds is 3. The number of hydrogen-bond donors (Lipinski definition) is 1. The van der Waals surface area contributed by atoms with E-state index in [-0.39, 0.29) is 11.9 Å². The van der Waals surface area contributed by atoms with Gasteiger partial charge in [0, 0.05) is 22.6 Å². The van der Waals surface area contributed by atoms with Crippen LogP contribution in [0.15, 0.2) is 48.5 Å². The molecule has 2 amide bonds. The van der Waals surface area contributed by atoms with Gasteiger partial charge in [0.2, 0.25) is 6.23 Å². The minimum Gasteiger partial charge on any atom is -0.420 e. The number of amides is 2. The highest BCUT2D eigenvalue weighted by Crippen LogP contribution is 2.38. The third-order valence-corrected chi connectivity index (χ3v) is 5.77. The summed E-state index contributed by atoms with van der Waals surface area (Å²) in [5, 5.41) is 4.02. The van der Waals surface area contributed by atoms with E-state index in [0.29, 0.717) is 27.7 Å². The first-order valence-corrected chi connectivity index (χ1v) is 10.3. The van der Waals surface area contributed by atoms with Gasteiger partial charge < -0.3 is 10.1 Å². The molecule has 1 aliphatic heterocycles. The Morgan fingerprint density at radius 2 is 1.83 bits per heavy atom. The zero-order valence-corrected chi connectivity index (χ0v) is 16.8. The largest absolute Gasteiger partial charge is 0.420 e. The molecule has 1 fully saturated rings. The maximum absolute atomic E-state index is 13.2. The summed E-state index contributed by atoms with van der Waals surface area (Å²) < 4.78 is 5.74. The summed E-state index contributed by atoms with van der Waals surface area (Å²) in [6.45, 7) is 0. The number of carbonyl (C=O) groups is 2. The summed E-state index contributed by atoms with van der Waals surface area (Å²) in [6.07, 6.45) is 2.63. The van der Waals surface area contributed by atoms with Crippen LogP contribution in [-0.2, 0) is 4.74 Å². The second kappa shape index (κ2) is 7.57. The highest BCUT2D eigenvalue weighted by molar-refractivity contribution is 6.29. The van der Waals surface area contributed by atoms with Crippen molar-refractivity contribution in [1.29, 1.82) is 0 Å². The van der Waals surface area contributed by atoms with Gasteiger partial charge in [-0.25, -0.2) is 14.8 Å². The van der Waals surface area contributed by atoms with E-state index in [1.54, 1.807) is 30.3 Å². The summed E-state index contributed by atoms with van der Waals surface area (Å²) in [7, 11) is 0. The lowest BCUT2D eigenvalue weighted by Crippen LogP contribution is -2.38. The molecule has 3 aromatic rings. The van der Waals surface area contributed by atoms with Crippen molar-refractivity contribution in [3.05, 3.63) is 64.8 Å². The van der Waals surface area contributed by atoms with Gasteiger partial charge in [0.15, 0.2) is 5.65 Å². The summed E-state index contributed by atoms with van der Waals surface area (Å²) in [6, 6.07) is 14.2. The Kier molecular flexibility index (Phi) is 4.75. The number of pyridine rings is 2. The number of nitrogens with zero attached hydrogens (tertiary/aromatic N) is 3. The summed E-state index contributed by atoms with van der Waals surface area (Å²) in [5.41, 5.74) is 1.53. The van der Waals surface area contributed by atoms with Gasteiger partial charge in [-0.05, 0) is 43.2 Å². The summed E-state index contributed by atoms with van der Waals surface area (Å²) in [4.78, 5) is 35.9. The van der Waals surface area contributed by atoms with E-state index in [2.05, 4.69) is 15.3 Å². The quantitative estimate of drug-likeness (QED) is 0.623. The van der Waals surface area contributed by atoms with Crippen molar-refractivity contribution in [2.45, 2.75) is 38.0 Å². The molecular weight excluding hydrogens is 404 g/mol. The summed E-state index contributed by atoms with van der Waals surface area (Å²) >= 11 is 6.00. The van der Waals surface area contributed by atoms with Gasteiger partial charge in [-0.3, -0.25) is 9.69 Å². The standard InChI is InChI=1S/C22H19ClN4O3/c23-17-11-9-13-10-12-18(26-19(13)25-17)27-20(28)15-7-3-4-8-16(15)21(27)30-22(29)24-14-5-1-2-6-14/h3-4,7-12,14,21H,1-2,5-6H2,(H,24,29). The van der Waals surface area contributed by atoms with Gasteiger partial charge in [-0.2, -0.15) is 0 Å². The molecule has 1 aromatic carbocycles. The zero-order valence-electron chi connectivity index (χ0n) is 16.0. The number of carbonyl (C=O) groups excluding carboxylic acids is 2. The number of benzene rings is 1. The number of halogens is 1. The van der Waals surface area contributed by atoms with E-state index < -0.39 is 12.3 Å². The van der Waals surface area contributed by atoms with Crippen LogP contribution in [0.4, 0.5) is 10.6 Å². The third kappa shape index (κ3) is 3.35. The molecule has 1 saturated carbocycles. The monoisotopic (exact) mass is 422 g/mol. The Hall–Kier alpha value is -3.19. The van der Waals surface area contributed by atoms with Crippen molar-refractivity contribution in [2.75, 3.05) is 4.90 Å². The molecule has 2 aromatic heterocycles. The molecule has 7 nitrogen and oxygen atoms in total. The molecule has 2 aliphatic rings. The van der Waals surface area contributed by atoms with Crippen molar-refractivity contribution in [2.24, 2.45) is 0 Å². The lowest BCUT2D eigenvalue weighted by atomic mass is 10.1. The molecule has 1 N–H and O–H groups in total. The second-order valence-electron chi connectivity index (χ2n) is 7.50. The van der Waals surface area contributed by atoms with E-state index in [4.69, 9.17) is 16.3 Å². The SMILES string of the molecule is O=C(NC1CCCC1)OC1c2ccccc2C(=O)N1c1ccc2ccc(Cl)nc2n1. The topological polar surface area (TPSA) is 84.4 Å². The minimum atomic E-state index is -0.903. The molecule has 8 heteroatoms. The molecular formula is C22H19ClN4O3. The highest BCUT2D eigenvalue weighted by atomic mass is 35.5. The first kappa shape index (κ1) is 18.8. The first-order valence-electron chi connectivity index (χ1n) is 9.93. The molecule has 1 aliphatic carbocycles. The van der Waals surface area contributed by atoms with Crippen molar-refractivity contribution < 1.29 is 14.3 Å². The third-order valence-electron chi connectivity index (χ3n) is 5.56. The van der Waals surface area contributed by atoms with Crippen LogP contribution in [0.2, 0.25) is 5.15 Å². The highest BCUT2D eigenvalue weighted by Gasteiger charge is 2.41. The first-order chi connectivity index (χ1) is 14.6. The van der Waals surface area contributed by atoms with Gasteiger partial charge in [0.05, 0.1) is 0 Å². The van der Waals surface area contributed by atoms with Crippen LogP contribution in [0.25, 0.3) is 11.0 Å². The van der Waals surface area contributed by atoms with E-state index in [1.807, 2.05) is 18.2 Å². The van der Waals surface area contributed by atoms with Crippen molar-refractivity contribution in [3.8, 4) is 0 Å². The van der Waals surface area contributed by atoms with Crippen LogP contribution in [0.5, 0.6) is 0 Å². The normalized spacial score (nSPS) is 18.6. The molecule has 1 atom stereocenters. The molecule has 152 valence electrons. The lowest BCUT2D eigenvalue weighted by molar-refractivity contribution is 0.0819. The number of hydrogen-bond acceptors (Lipinski definition) is 5. The number of ether oxygens (including phenoxy) is 1. The van der Waals surface area contributed by atoms with Crippen LogP contribution in [-0.4, -0.2) is 28.0 Å². The van der Waals surface area contributed by atoms with Crippen LogP contribution in [0.3, 0.4) is 0 Å². The van der Waals surface area contributed by atoms with Gasteiger partial charge in [-0.15, -0.1) is 0 Å². The maximum atomic E-state index is 13.2. The number of aromatic nitrogens is 2. The van der Waals surface area contributed by atoms with E-state index in [1.165, 1.54) is 4.90 Å². The fraction of sp³-hybridized carbons (Fsp3) is 0.273. The predicted octanol–water partition coefficient (Wildman–Crippen LogP) is 4.61.